The van der Waals surface area contributed by atoms with Crippen LogP contribution in [0.4, 0.5) is 11.4 Å². The Morgan fingerprint density at radius 3 is 2.62 bits per heavy atom. The highest BCUT2D eigenvalue weighted by atomic mass is 15.3. The monoisotopic (exact) mass is 283 g/mol. The summed E-state index contributed by atoms with van der Waals surface area (Å²) in [6.45, 7) is 7.11. The minimum absolute atomic E-state index is 0.758. The summed E-state index contributed by atoms with van der Waals surface area (Å²) in [5, 5.41) is 0. The Bertz CT molecular complexity index is 605. The van der Waals surface area contributed by atoms with E-state index in [0.717, 1.165) is 44.1 Å². The van der Waals surface area contributed by atoms with Crippen LogP contribution in [0.5, 0.6) is 0 Å². The Morgan fingerprint density at radius 1 is 1.10 bits per heavy atom. The summed E-state index contributed by atoms with van der Waals surface area (Å²) in [6.07, 6.45) is 7.38. The van der Waals surface area contributed by atoms with Crippen molar-refractivity contribution in [2.24, 2.45) is 0 Å². The van der Waals surface area contributed by atoms with E-state index in [0.29, 0.717) is 0 Å². The van der Waals surface area contributed by atoms with Gasteiger partial charge in [0.15, 0.2) is 0 Å². The van der Waals surface area contributed by atoms with Crippen LogP contribution in [0.3, 0.4) is 0 Å². The summed E-state index contributed by atoms with van der Waals surface area (Å²) in [5.74, 6) is 0. The van der Waals surface area contributed by atoms with Crippen LogP contribution < -0.4 is 10.6 Å². The first-order chi connectivity index (χ1) is 10.2. The first-order valence-electron chi connectivity index (χ1n) is 7.30. The van der Waals surface area contributed by atoms with Crippen molar-refractivity contribution in [1.29, 1.82) is 0 Å². The van der Waals surface area contributed by atoms with E-state index in [-0.39, 0.29) is 0 Å². The van der Waals surface area contributed by atoms with Gasteiger partial charge in [-0.15, -0.1) is 0 Å². The minimum atomic E-state index is 0.758. The molecule has 2 aromatic heterocycles. The van der Waals surface area contributed by atoms with Gasteiger partial charge < -0.3 is 10.6 Å². The van der Waals surface area contributed by atoms with Crippen molar-refractivity contribution in [3.63, 3.8) is 0 Å². The largest absolute Gasteiger partial charge is 0.396 e. The third-order valence-corrected chi connectivity index (χ3v) is 3.88. The van der Waals surface area contributed by atoms with Crippen LogP contribution in [-0.4, -0.2) is 41.0 Å². The fourth-order valence-electron chi connectivity index (χ4n) is 2.80. The molecule has 1 aliphatic rings. The van der Waals surface area contributed by atoms with Crippen molar-refractivity contribution >= 4 is 11.4 Å². The maximum atomic E-state index is 6.00. The molecule has 0 atom stereocenters. The summed E-state index contributed by atoms with van der Waals surface area (Å²) in [5.41, 5.74) is 10.4. The van der Waals surface area contributed by atoms with Crippen LogP contribution >= 0.6 is 0 Å². The highest BCUT2D eigenvalue weighted by Crippen LogP contribution is 2.22. The average molecular weight is 283 g/mol. The fourth-order valence-corrected chi connectivity index (χ4v) is 2.80. The van der Waals surface area contributed by atoms with Crippen LogP contribution in [-0.2, 0) is 6.54 Å². The summed E-state index contributed by atoms with van der Waals surface area (Å²) in [4.78, 5) is 13.1. The molecule has 0 radical (unpaired) electrons. The van der Waals surface area contributed by atoms with Gasteiger partial charge in [-0.1, -0.05) is 6.07 Å². The van der Waals surface area contributed by atoms with E-state index in [4.69, 9.17) is 5.73 Å². The van der Waals surface area contributed by atoms with Gasteiger partial charge in [-0.3, -0.25) is 14.9 Å². The summed E-state index contributed by atoms with van der Waals surface area (Å²) < 4.78 is 0. The zero-order valence-electron chi connectivity index (χ0n) is 12.4. The number of hydrogen-bond donors (Lipinski definition) is 1. The van der Waals surface area contributed by atoms with Crippen molar-refractivity contribution in [3.8, 4) is 0 Å². The lowest BCUT2D eigenvalue weighted by Crippen LogP contribution is -2.46. The van der Waals surface area contributed by atoms with Crippen molar-refractivity contribution in [2.75, 3.05) is 36.8 Å². The lowest BCUT2D eigenvalue weighted by molar-refractivity contribution is 0.249. The number of nitrogen functional groups attached to an aromatic ring is 1. The normalized spacial score (nSPS) is 16.1. The zero-order chi connectivity index (χ0) is 14.7. The Morgan fingerprint density at radius 2 is 1.90 bits per heavy atom. The molecule has 0 spiro atoms. The lowest BCUT2D eigenvalue weighted by atomic mass is 10.2. The van der Waals surface area contributed by atoms with Crippen molar-refractivity contribution in [1.82, 2.24) is 14.9 Å². The van der Waals surface area contributed by atoms with E-state index in [9.17, 15) is 0 Å². The predicted octanol–water partition coefficient (Wildman–Crippen LogP) is 1.69. The molecule has 3 rings (SSSR count). The Labute approximate surface area is 125 Å². The van der Waals surface area contributed by atoms with Crippen LogP contribution in [0.15, 0.2) is 36.9 Å². The molecular weight excluding hydrogens is 262 g/mol. The van der Waals surface area contributed by atoms with E-state index >= 15 is 0 Å². The second-order valence-corrected chi connectivity index (χ2v) is 5.57. The van der Waals surface area contributed by atoms with E-state index in [2.05, 4.69) is 32.8 Å². The molecule has 1 fully saturated rings. The van der Waals surface area contributed by atoms with E-state index in [1.807, 2.05) is 18.5 Å². The first kappa shape index (κ1) is 13.8. The molecule has 0 saturated carbocycles. The molecule has 0 aliphatic carbocycles. The molecule has 3 heterocycles. The molecule has 0 bridgehead atoms. The Hall–Kier alpha value is -2.14. The van der Waals surface area contributed by atoms with Gasteiger partial charge in [-0.2, -0.15) is 0 Å². The topological polar surface area (TPSA) is 58.3 Å². The summed E-state index contributed by atoms with van der Waals surface area (Å²) in [6, 6.07) is 4.20. The van der Waals surface area contributed by atoms with E-state index in [1.54, 1.807) is 12.4 Å². The Balaban J connectivity index is 1.59. The third kappa shape index (κ3) is 3.31. The van der Waals surface area contributed by atoms with Gasteiger partial charge in [-0.05, 0) is 24.1 Å². The van der Waals surface area contributed by atoms with Gasteiger partial charge in [0, 0.05) is 51.3 Å². The highest BCUT2D eigenvalue weighted by Gasteiger charge is 2.18. The molecule has 2 aromatic rings. The van der Waals surface area contributed by atoms with E-state index in [1.165, 1.54) is 11.1 Å². The maximum absolute atomic E-state index is 6.00. The van der Waals surface area contributed by atoms with Gasteiger partial charge >= 0.3 is 0 Å². The molecule has 5 heteroatoms. The smallest absolute Gasteiger partial charge is 0.0738 e. The number of pyridine rings is 2. The summed E-state index contributed by atoms with van der Waals surface area (Å²) >= 11 is 0. The van der Waals surface area contributed by atoms with Crippen LogP contribution in [0, 0.1) is 6.92 Å². The molecular formula is C16H21N5. The fraction of sp³-hybridized carbons (Fsp3) is 0.375. The van der Waals surface area contributed by atoms with Crippen LogP contribution in [0.1, 0.15) is 11.1 Å². The number of hydrogen-bond acceptors (Lipinski definition) is 5. The molecule has 2 N–H and O–H groups in total. The van der Waals surface area contributed by atoms with Gasteiger partial charge in [0.05, 0.1) is 17.6 Å². The number of nitrogens with zero attached hydrogens (tertiary/aromatic N) is 4. The van der Waals surface area contributed by atoms with Crippen LogP contribution in [0.2, 0.25) is 0 Å². The van der Waals surface area contributed by atoms with E-state index < -0.39 is 0 Å². The highest BCUT2D eigenvalue weighted by molar-refractivity contribution is 5.66. The number of rotatable bonds is 3. The van der Waals surface area contributed by atoms with Gasteiger partial charge in [0.2, 0.25) is 0 Å². The van der Waals surface area contributed by atoms with Gasteiger partial charge in [-0.25, -0.2) is 0 Å². The standard InChI is InChI=1S/C16H21N5/c1-13-8-14(10-19-9-13)12-20-4-6-21(7-5-20)16-2-3-18-11-15(16)17/h2-3,8-11H,4-7,12,17H2,1H3. The molecule has 21 heavy (non-hydrogen) atoms. The van der Waals surface area contributed by atoms with Crippen LogP contribution in [0.25, 0.3) is 0 Å². The zero-order valence-corrected chi connectivity index (χ0v) is 12.4. The van der Waals surface area contributed by atoms with Gasteiger partial charge in [0.1, 0.15) is 0 Å². The second kappa shape index (κ2) is 6.10. The number of aryl methyl sites for hydroxylation is 1. The molecule has 1 aliphatic heterocycles. The third-order valence-electron chi connectivity index (χ3n) is 3.88. The average Bonchev–Trinajstić information content (AvgIpc) is 2.49. The van der Waals surface area contributed by atoms with Crippen molar-refractivity contribution in [2.45, 2.75) is 13.5 Å². The number of nitrogens with two attached hydrogens (primary N) is 1. The molecule has 0 amide bonds. The van der Waals surface area contributed by atoms with Crippen molar-refractivity contribution in [3.05, 3.63) is 48.0 Å². The minimum Gasteiger partial charge on any atom is -0.396 e. The molecule has 0 aromatic carbocycles. The second-order valence-electron chi connectivity index (χ2n) is 5.57. The SMILES string of the molecule is Cc1cncc(CN2CCN(c3ccncc3N)CC2)c1. The molecule has 110 valence electrons. The first-order valence-corrected chi connectivity index (χ1v) is 7.30. The van der Waals surface area contributed by atoms with Crippen molar-refractivity contribution < 1.29 is 0 Å². The summed E-state index contributed by atoms with van der Waals surface area (Å²) in [7, 11) is 0. The maximum Gasteiger partial charge on any atom is 0.0738 e. The number of piperazine rings is 1. The quantitative estimate of drug-likeness (QED) is 0.929. The predicted molar refractivity (Wildman–Crippen MR) is 85.1 cm³/mol. The number of anilines is 2. The number of aromatic nitrogens is 2. The van der Waals surface area contributed by atoms with Gasteiger partial charge in [0.25, 0.3) is 0 Å². The molecule has 5 nitrogen and oxygen atoms in total. The molecule has 1 saturated heterocycles. The lowest BCUT2D eigenvalue weighted by Gasteiger charge is -2.36. The molecule has 0 unspecified atom stereocenters. The Kier molecular flexibility index (Phi) is 4.01.